The molecule has 4 aromatic rings. The van der Waals surface area contributed by atoms with Crippen LogP contribution in [0.2, 0.25) is 0 Å². The van der Waals surface area contributed by atoms with E-state index in [1.807, 2.05) is 36.4 Å². The Morgan fingerprint density at radius 2 is 1.77 bits per heavy atom. The second-order valence-electron chi connectivity index (χ2n) is 7.64. The average molecular weight is 401 g/mol. The van der Waals surface area contributed by atoms with E-state index >= 15 is 0 Å². The number of rotatable bonds is 5. The SMILES string of the molecule is CCCCCn1nc(C(=O)N2CCn3c2nc2ccccc23)c2ccccc2c1=O. The van der Waals surface area contributed by atoms with Crippen molar-refractivity contribution in [2.24, 2.45) is 0 Å². The molecule has 0 N–H and O–H groups in total. The molecule has 0 spiro atoms. The molecule has 1 amide bonds. The summed E-state index contributed by atoms with van der Waals surface area (Å²) in [5, 5.41) is 5.64. The van der Waals surface area contributed by atoms with Crippen molar-refractivity contribution in [1.82, 2.24) is 19.3 Å². The van der Waals surface area contributed by atoms with Crippen LogP contribution in [0.25, 0.3) is 21.8 Å². The smallest absolute Gasteiger partial charge is 0.281 e. The van der Waals surface area contributed by atoms with Crippen molar-refractivity contribution in [1.29, 1.82) is 0 Å². The third kappa shape index (κ3) is 2.89. The van der Waals surface area contributed by atoms with Crippen molar-refractivity contribution < 1.29 is 4.79 Å². The van der Waals surface area contributed by atoms with E-state index in [9.17, 15) is 9.59 Å². The second-order valence-corrected chi connectivity index (χ2v) is 7.64. The highest BCUT2D eigenvalue weighted by molar-refractivity contribution is 6.12. The molecule has 0 bridgehead atoms. The van der Waals surface area contributed by atoms with E-state index in [4.69, 9.17) is 0 Å². The van der Waals surface area contributed by atoms with Crippen molar-refractivity contribution in [3.8, 4) is 0 Å². The maximum Gasteiger partial charge on any atom is 0.281 e. The lowest BCUT2D eigenvalue weighted by Gasteiger charge is -2.16. The van der Waals surface area contributed by atoms with E-state index < -0.39 is 0 Å². The van der Waals surface area contributed by atoms with E-state index in [-0.39, 0.29) is 11.5 Å². The van der Waals surface area contributed by atoms with Crippen molar-refractivity contribution in [2.45, 2.75) is 39.3 Å². The topological polar surface area (TPSA) is 73.0 Å². The van der Waals surface area contributed by atoms with E-state index in [1.54, 1.807) is 17.0 Å². The lowest BCUT2D eigenvalue weighted by molar-refractivity contribution is 0.0983. The molecule has 0 atom stereocenters. The fourth-order valence-electron chi connectivity index (χ4n) is 4.17. The van der Waals surface area contributed by atoms with Gasteiger partial charge in [-0.25, -0.2) is 9.67 Å². The van der Waals surface area contributed by atoms with Crippen LogP contribution in [0.3, 0.4) is 0 Å². The van der Waals surface area contributed by atoms with Crippen LogP contribution in [0.5, 0.6) is 0 Å². The minimum absolute atomic E-state index is 0.146. The summed E-state index contributed by atoms with van der Waals surface area (Å²) in [7, 11) is 0. The number of anilines is 1. The highest BCUT2D eigenvalue weighted by Gasteiger charge is 2.31. The predicted octanol–water partition coefficient (Wildman–Crippen LogP) is 3.60. The summed E-state index contributed by atoms with van der Waals surface area (Å²) in [4.78, 5) is 32.8. The normalized spacial score (nSPS) is 13.3. The number of amides is 1. The molecule has 152 valence electrons. The van der Waals surface area contributed by atoms with Crippen molar-refractivity contribution in [3.05, 3.63) is 64.6 Å². The molecule has 0 fully saturated rings. The summed E-state index contributed by atoms with van der Waals surface area (Å²) >= 11 is 0. The van der Waals surface area contributed by atoms with Crippen LogP contribution < -0.4 is 10.5 Å². The largest absolute Gasteiger partial charge is 0.308 e. The van der Waals surface area contributed by atoms with Crippen molar-refractivity contribution in [3.63, 3.8) is 0 Å². The number of imidazole rings is 1. The lowest BCUT2D eigenvalue weighted by atomic mass is 10.1. The number of carbonyl (C=O) groups is 1. The Labute approximate surface area is 173 Å². The second kappa shape index (κ2) is 7.40. The van der Waals surface area contributed by atoms with Crippen LogP contribution in [0, 0.1) is 0 Å². The van der Waals surface area contributed by atoms with Gasteiger partial charge in [0.05, 0.1) is 16.4 Å². The van der Waals surface area contributed by atoms with Crippen LogP contribution in [-0.2, 0) is 13.1 Å². The van der Waals surface area contributed by atoms with E-state index in [2.05, 4.69) is 21.6 Å². The molecule has 0 aliphatic carbocycles. The zero-order valence-corrected chi connectivity index (χ0v) is 16.9. The summed E-state index contributed by atoms with van der Waals surface area (Å²) in [5.74, 6) is 0.417. The molecule has 1 aliphatic rings. The van der Waals surface area contributed by atoms with Gasteiger partial charge in [0.1, 0.15) is 0 Å². The van der Waals surface area contributed by atoms with E-state index in [1.165, 1.54) is 4.68 Å². The fraction of sp³-hybridized carbons (Fsp3) is 0.304. The Bertz CT molecular complexity index is 1320. The molecule has 0 saturated heterocycles. The molecule has 7 heteroatoms. The highest BCUT2D eigenvalue weighted by atomic mass is 16.2. The summed E-state index contributed by atoms with van der Waals surface area (Å²) in [6.07, 6.45) is 2.92. The molecule has 5 rings (SSSR count). The fourth-order valence-corrected chi connectivity index (χ4v) is 4.17. The monoisotopic (exact) mass is 401 g/mol. The average Bonchev–Trinajstić information content (AvgIpc) is 3.34. The van der Waals surface area contributed by atoms with Gasteiger partial charge in [-0.3, -0.25) is 14.5 Å². The Morgan fingerprint density at radius 1 is 1.00 bits per heavy atom. The van der Waals surface area contributed by atoms with Crippen molar-refractivity contribution in [2.75, 3.05) is 11.4 Å². The number of aryl methyl sites for hydroxylation is 1. The van der Waals surface area contributed by atoms with Gasteiger partial charge in [0.2, 0.25) is 5.95 Å². The number of aromatic nitrogens is 4. The molecule has 1 aliphatic heterocycles. The molecule has 30 heavy (non-hydrogen) atoms. The van der Waals surface area contributed by atoms with Gasteiger partial charge >= 0.3 is 0 Å². The zero-order valence-electron chi connectivity index (χ0n) is 16.9. The van der Waals surface area contributed by atoms with Gasteiger partial charge in [0.25, 0.3) is 11.5 Å². The predicted molar refractivity (Wildman–Crippen MR) is 117 cm³/mol. The molecule has 0 unspecified atom stereocenters. The first-order valence-electron chi connectivity index (χ1n) is 10.5. The molecule has 3 heterocycles. The summed E-state index contributed by atoms with van der Waals surface area (Å²) in [5.41, 5.74) is 2.05. The summed E-state index contributed by atoms with van der Waals surface area (Å²) in [6.45, 7) is 3.86. The Balaban J connectivity index is 1.60. The van der Waals surface area contributed by atoms with Gasteiger partial charge in [-0.15, -0.1) is 0 Å². The summed E-state index contributed by atoms with van der Waals surface area (Å²) < 4.78 is 3.51. The number of hydrogen-bond acceptors (Lipinski definition) is 4. The first kappa shape index (κ1) is 18.5. The van der Waals surface area contributed by atoms with Crippen LogP contribution >= 0.6 is 0 Å². The minimum atomic E-state index is -0.218. The van der Waals surface area contributed by atoms with Crippen LogP contribution in [0.15, 0.2) is 53.3 Å². The van der Waals surface area contributed by atoms with Gasteiger partial charge < -0.3 is 4.57 Å². The lowest BCUT2D eigenvalue weighted by Crippen LogP contribution is -2.34. The number of hydrogen-bond donors (Lipinski definition) is 0. The van der Waals surface area contributed by atoms with Crippen LogP contribution in [0.4, 0.5) is 5.95 Å². The van der Waals surface area contributed by atoms with Crippen molar-refractivity contribution >= 4 is 33.7 Å². The Morgan fingerprint density at radius 3 is 2.60 bits per heavy atom. The number of nitrogens with zero attached hydrogens (tertiary/aromatic N) is 5. The number of carbonyl (C=O) groups excluding carboxylic acids is 1. The van der Waals surface area contributed by atoms with Crippen LogP contribution in [-0.4, -0.2) is 31.8 Å². The third-order valence-corrected chi connectivity index (χ3v) is 5.71. The molecule has 0 saturated carbocycles. The molecular formula is C23H23N5O2. The first-order chi connectivity index (χ1) is 14.7. The number of para-hydroxylation sites is 2. The molecule has 7 nitrogen and oxygen atoms in total. The first-order valence-corrected chi connectivity index (χ1v) is 10.5. The minimum Gasteiger partial charge on any atom is -0.308 e. The number of fused-ring (bicyclic) bond motifs is 4. The molecule has 0 radical (unpaired) electrons. The van der Waals surface area contributed by atoms with Gasteiger partial charge in [-0.05, 0) is 24.6 Å². The summed E-state index contributed by atoms with van der Waals surface area (Å²) in [6, 6.07) is 15.1. The molecular weight excluding hydrogens is 378 g/mol. The molecule has 2 aromatic heterocycles. The standard InChI is InChI=1S/C23H23N5O2/c1-2-3-8-13-28-21(29)17-10-5-4-9-16(17)20(25-28)22(30)27-15-14-26-19-12-7-6-11-18(19)24-23(26)27/h4-7,9-12H,2-3,8,13-15H2,1H3. The van der Waals surface area contributed by atoms with Gasteiger partial charge in [0, 0.05) is 25.0 Å². The molecule has 2 aromatic carbocycles. The van der Waals surface area contributed by atoms with Gasteiger partial charge in [-0.1, -0.05) is 50.1 Å². The maximum absolute atomic E-state index is 13.6. The number of unbranched alkanes of at least 4 members (excludes halogenated alkanes) is 2. The van der Waals surface area contributed by atoms with E-state index in [0.29, 0.717) is 42.0 Å². The Hall–Kier alpha value is -3.48. The highest BCUT2D eigenvalue weighted by Crippen LogP contribution is 2.29. The Kier molecular flexibility index (Phi) is 4.58. The number of benzene rings is 2. The maximum atomic E-state index is 13.6. The van der Waals surface area contributed by atoms with Gasteiger partial charge in [0.15, 0.2) is 5.69 Å². The van der Waals surface area contributed by atoms with E-state index in [0.717, 1.165) is 30.3 Å². The van der Waals surface area contributed by atoms with Crippen LogP contribution in [0.1, 0.15) is 36.7 Å². The third-order valence-electron chi connectivity index (χ3n) is 5.71. The zero-order chi connectivity index (χ0) is 20.7. The van der Waals surface area contributed by atoms with Gasteiger partial charge in [-0.2, -0.15) is 5.10 Å². The quantitative estimate of drug-likeness (QED) is 0.479.